The average Bonchev–Trinajstić information content (AvgIpc) is 2.24. The third-order valence-corrected chi connectivity index (χ3v) is 3.25. The molecule has 5 heteroatoms. The summed E-state index contributed by atoms with van der Waals surface area (Å²) in [6, 6.07) is 6.95. The van der Waals surface area contributed by atoms with E-state index in [9.17, 15) is 4.79 Å². The Labute approximate surface area is 108 Å². The van der Waals surface area contributed by atoms with Crippen molar-refractivity contribution in [2.24, 2.45) is 5.73 Å². The second kappa shape index (κ2) is 4.04. The first-order valence-electron chi connectivity index (χ1n) is 5.20. The average molecular weight is 241 g/mol. The molecule has 1 aliphatic carbocycles. The zero-order chi connectivity index (χ0) is 12.7. The minimum atomic E-state index is -1.25. The lowest BCUT2D eigenvalue weighted by Crippen LogP contribution is -2.49. The van der Waals surface area contributed by atoms with E-state index in [0.29, 0.717) is 10.6 Å². The molecule has 0 fully saturated rings. The van der Waals surface area contributed by atoms with Crippen LogP contribution >= 0.6 is 11.6 Å². The Bertz CT molecular complexity index is 501. The molecule has 2 rings (SSSR count). The molecule has 0 spiro atoms. The number of carbonyl (C=O) groups excluding carboxylic acids is 1. The van der Waals surface area contributed by atoms with Crippen molar-refractivity contribution in [3.8, 4) is 0 Å². The Morgan fingerprint density at radius 1 is 1.29 bits per heavy atom. The number of rotatable bonds is 1. The van der Waals surface area contributed by atoms with Gasteiger partial charge in [-0.3, -0.25) is 4.79 Å². The van der Waals surface area contributed by atoms with Crippen LogP contribution in [0.4, 0.5) is 0 Å². The topological polar surface area (TPSA) is 43.1 Å². The molecule has 0 heterocycles. The Morgan fingerprint density at radius 2 is 1.94 bits per heavy atom. The minimum Gasteiger partial charge on any atom is -0.315 e. The van der Waals surface area contributed by atoms with E-state index < -0.39 is 10.8 Å². The maximum absolute atomic E-state index is 12.0. The van der Waals surface area contributed by atoms with Crippen molar-refractivity contribution in [2.75, 3.05) is 0 Å². The molecule has 1 aliphatic rings. The van der Waals surface area contributed by atoms with Gasteiger partial charge in [0, 0.05) is 5.02 Å². The van der Waals surface area contributed by atoms with Crippen LogP contribution in [-0.2, 0) is 10.3 Å². The summed E-state index contributed by atoms with van der Waals surface area (Å²) in [5, 5.41) is -0.656. The molecule has 17 heavy (non-hydrogen) atoms. The van der Waals surface area contributed by atoms with Crippen LogP contribution in [0.1, 0.15) is 12.0 Å². The van der Waals surface area contributed by atoms with Crippen molar-refractivity contribution in [3.63, 3.8) is 0 Å². The molecule has 2 nitrogen and oxygen atoms in total. The van der Waals surface area contributed by atoms with E-state index in [-0.39, 0.29) is 12.2 Å². The van der Waals surface area contributed by atoms with Crippen molar-refractivity contribution < 1.29 is 4.79 Å². The monoisotopic (exact) mass is 241 g/mol. The molecule has 0 bridgehead atoms. The number of ketones is 1. The fraction of sp³-hybridized carbons (Fsp3) is 0.250. The van der Waals surface area contributed by atoms with Crippen molar-refractivity contribution >= 4 is 33.1 Å². The van der Waals surface area contributed by atoms with Crippen molar-refractivity contribution in [1.82, 2.24) is 0 Å². The van der Waals surface area contributed by atoms with Crippen molar-refractivity contribution in [3.05, 3.63) is 47.0 Å². The second-order valence-electron chi connectivity index (χ2n) is 4.44. The number of benzene rings is 1. The van der Waals surface area contributed by atoms with Gasteiger partial charge in [0.1, 0.15) is 5.54 Å². The van der Waals surface area contributed by atoms with Crippen LogP contribution in [-0.4, -0.2) is 21.5 Å². The van der Waals surface area contributed by atoms with Gasteiger partial charge in [0.25, 0.3) is 0 Å². The van der Waals surface area contributed by atoms with E-state index in [4.69, 9.17) is 33.0 Å². The molecule has 0 aliphatic heterocycles. The molecular weight excluding hydrogens is 231 g/mol. The van der Waals surface area contributed by atoms with Crippen LogP contribution in [0, 0.1) is 0 Å². The fourth-order valence-electron chi connectivity index (χ4n) is 2.06. The minimum absolute atomic E-state index is 0.124. The van der Waals surface area contributed by atoms with Crippen LogP contribution in [0.2, 0.25) is 10.2 Å². The van der Waals surface area contributed by atoms with Gasteiger partial charge in [-0.25, -0.2) is 0 Å². The molecule has 0 saturated heterocycles. The molecule has 0 aromatic heterocycles. The van der Waals surface area contributed by atoms with Crippen LogP contribution in [0.3, 0.4) is 0 Å². The molecular formula is C12H10B2ClNO. The number of halogens is 1. The fourth-order valence-corrected chi connectivity index (χ4v) is 2.36. The molecule has 2 N–H and O–H groups in total. The molecule has 0 saturated carbocycles. The van der Waals surface area contributed by atoms with Gasteiger partial charge in [-0.15, -0.1) is 0 Å². The molecule has 4 radical (unpaired) electrons. The van der Waals surface area contributed by atoms with Gasteiger partial charge < -0.3 is 5.73 Å². The zero-order valence-corrected chi connectivity index (χ0v) is 9.95. The van der Waals surface area contributed by atoms with Gasteiger partial charge in [-0.1, -0.05) is 41.1 Å². The molecule has 82 valence electrons. The number of nitrogens with two attached hydrogens (primary N) is 1. The smallest absolute Gasteiger partial charge is 0.179 e. The van der Waals surface area contributed by atoms with E-state index in [1.165, 1.54) is 12.2 Å². The van der Waals surface area contributed by atoms with Gasteiger partial charge in [0.2, 0.25) is 0 Å². The van der Waals surface area contributed by atoms with Crippen LogP contribution in [0.25, 0.3) is 0 Å². The highest BCUT2D eigenvalue weighted by atomic mass is 35.5. The summed E-state index contributed by atoms with van der Waals surface area (Å²) in [5.41, 5.74) is 5.45. The maximum Gasteiger partial charge on any atom is 0.179 e. The first kappa shape index (κ1) is 12.5. The lowest BCUT2D eigenvalue weighted by atomic mass is 9.47. The number of hydrogen-bond acceptors (Lipinski definition) is 2. The second-order valence-corrected chi connectivity index (χ2v) is 4.85. The highest BCUT2D eigenvalue weighted by Crippen LogP contribution is 2.41. The summed E-state index contributed by atoms with van der Waals surface area (Å²) < 4.78 is 0. The third kappa shape index (κ3) is 2.20. The molecule has 1 aromatic carbocycles. The summed E-state index contributed by atoms with van der Waals surface area (Å²) in [7, 11) is 11.6. The summed E-state index contributed by atoms with van der Waals surface area (Å²) in [6.45, 7) is 0. The Morgan fingerprint density at radius 3 is 2.59 bits per heavy atom. The molecule has 1 atom stereocenters. The summed E-state index contributed by atoms with van der Waals surface area (Å²) in [4.78, 5) is 12.0. The zero-order valence-electron chi connectivity index (χ0n) is 9.19. The summed E-state index contributed by atoms with van der Waals surface area (Å²) >= 11 is 6.07. The van der Waals surface area contributed by atoms with E-state index >= 15 is 0 Å². The van der Waals surface area contributed by atoms with E-state index in [2.05, 4.69) is 0 Å². The first-order chi connectivity index (χ1) is 7.85. The summed E-state index contributed by atoms with van der Waals surface area (Å²) in [5.74, 6) is -0.239. The Kier molecular flexibility index (Phi) is 2.96. The standard InChI is InChI=1S/C12H10B2ClNO/c13-11(14)6-5-10(17)12(16,7-11)8-3-1-2-4-9(8)15/h1-6H,7,16H2. The van der Waals surface area contributed by atoms with Crippen molar-refractivity contribution in [1.29, 1.82) is 0 Å². The maximum atomic E-state index is 12.0. The number of allylic oxidation sites excluding steroid dienone is 1. The van der Waals surface area contributed by atoms with Gasteiger partial charge in [-0.05, 0) is 24.1 Å². The number of hydrogen-bond donors (Lipinski definition) is 1. The van der Waals surface area contributed by atoms with Crippen LogP contribution < -0.4 is 5.73 Å². The van der Waals surface area contributed by atoms with Crippen LogP contribution in [0.15, 0.2) is 36.4 Å². The quantitative estimate of drug-likeness (QED) is 0.757. The van der Waals surface area contributed by atoms with Gasteiger partial charge in [-0.2, -0.15) is 0 Å². The Hall–Kier alpha value is -0.990. The SMILES string of the molecule is [B]C1([B])C=CC(=O)C(N)(c2ccccc2Cl)C1. The van der Waals surface area contributed by atoms with Crippen LogP contribution in [0.5, 0.6) is 0 Å². The van der Waals surface area contributed by atoms with E-state index in [1.54, 1.807) is 24.3 Å². The highest BCUT2D eigenvalue weighted by molar-refractivity contribution is 6.42. The first-order valence-corrected chi connectivity index (χ1v) is 5.58. The van der Waals surface area contributed by atoms with E-state index in [0.717, 1.165) is 0 Å². The lowest BCUT2D eigenvalue weighted by molar-refractivity contribution is -0.120. The van der Waals surface area contributed by atoms with Gasteiger partial charge in [0.15, 0.2) is 5.78 Å². The third-order valence-electron chi connectivity index (χ3n) is 2.92. The van der Waals surface area contributed by atoms with E-state index in [1.807, 2.05) is 0 Å². The highest BCUT2D eigenvalue weighted by Gasteiger charge is 2.42. The van der Waals surface area contributed by atoms with Gasteiger partial charge >= 0.3 is 0 Å². The molecule has 1 aromatic rings. The normalized spacial score (nSPS) is 27.1. The van der Waals surface area contributed by atoms with Gasteiger partial charge in [0.05, 0.1) is 15.7 Å². The Balaban J connectivity index is 2.53. The number of carbonyl (C=O) groups is 1. The molecule has 1 unspecified atom stereocenters. The molecule has 0 amide bonds. The predicted octanol–water partition coefficient (Wildman–Crippen LogP) is 1.48. The van der Waals surface area contributed by atoms with Crippen molar-refractivity contribution in [2.45, 2.75) is 17.2 Å². The predicted molar refractivity (Wildman–Crippen MR) is 70.3 cm³/mol. The largest absolute Gasteiger partial charge is 0.315 e. The summed E-state index contributed by atoms with van der Waals surface area (Å²) in [6.07, 6.45) is 2.92. The lowest BCUT2D eigenvalue weighted by Gasteiger charge is -2.39.